The Labute approximate surface area is 251 Å². The predicted octanol–water partition coefficient (Wildman–Crippen LogP) is 3.60. The Morgan fingerprint density at radius 2 is 1.91 bits per heavy atom. The molecule has 0 saturated carbocycles. The van der Waals surface area contributed by atoms with Crippen molar-refractivity contribution in [3.05, 3.63) is 84.1 Å². The largest absolute Gasteiger partial charge is 0.492 e. The van der Waals surface area contributed by atoms with Crippen molar-refractivity contribution in [2.24, 2.45) is 5.92 Å². The molecule has 0 spiro atoms. The number of aromatic nitrogens is 3. The molecule has 2 N–H and O–H groups in total. The molecule has 10 nitrogen and oxygen atoms in total. The van der Waals surface area contributed by atoms with Gasteiger partial charge in [-0.15, -0.1) is 0 Å². The van der Waals surface area contributed by atoms with Crippen LogP contribution in [0.3, 0.4) is 0 Å². The number of H-pyrrole nitrogens is 1. The maximum absolute atomic E-state index is 13.7. The molecule has 2 aromatic carbocycles. The first-order valence-corrected chi connectivity index (χ1v) is 15.2. The maximum atomic E-state index is 13.7. The summed E-state index contributed by atoms with van der Waals surface area (Å²) in [4.78, 5) is 51.6. The molecule has 3 amide bonds. The standard InChI is InChI=1S/C33H38N6O4/c1-2-29-34-14-17-37(29)16-11-30(40)38-15-5-12-36-32(41)28-22-39(33(42)26-9-4-6-23-10-13-35-31(23)26)21-27(28)24-7-3-8-25(20-24)43-19-18-38/h3-4,6-10,13-14,17,20,27-28,35H,2,5,11-12,15-16,18-19,21-22H2,1H3,(H,36,41)/t27-,28+/m1/s1. The number of hydrogen-bond acceptors (Lipinski definition) is 5. The van der Waals surface area contributed by atoms with Crippen LogP contribution >= 0.6 is 0 Å². The van der Waals surface area contributed by atoms with Crippen LogP contribution in [-0.2, 0) is 22.6 Å². The molecule has 2 atom stereocenters. The quantitative estimate of drug-likeness (QED) is 0.374. The van der Waals surface area contributed by atoms with Crippen LogP contribution in [0.15, 0.2) is 67.1 Å². The first-order valence-electron chi connectivity index (χ1n) is 15.2. The Kier molecular flexibility index (Phi) is 8.44. The fraction of sp³-hybridized carbons (Fsp3) is 0.394. The van der Waals surface area contributed by atoms with Crippen molar-refractivity contribution >= 4 is 28.6 Å². The molecule has 1 saturated heterocycles. The lowest BCUT2D eigenvalue weighted by atomic mass is 9.88. The molecular formula is C33H38N6O4. The van der Waals surface area contributed by atoms with Crippen molar-refractivity contribution in [1.29, 1.82) is 0 Å². The van der Waals surface area contributed by atoms with Gasteiger partial charge in [0.2, 0.25) is 11.8 Å². The number of likely N-dealkylation sites (tertiary alicyclic amines) is 1. The molecule has 10 heteroatoms. The third-order valence-electron chi connectivity index (χ3n) is 8.62. The highest BCUT2D eigenvalue weighted by Gasteiger charge is 2.41. The number of rotatable bonds is 5. The molecule has 224 valence electrons. The van der Waals surface area contributed by atoms with Crippen LogP contribution < -0.4 is 10.1 Å². The van der Waals surface area contributed by atoms with E-state index in [2.05, 4.69) is 22.2 Å². The number of aryl methyl sites for hydroxylation is 2. The van der Waals surface area contributed by atoms with Gasteiger partial charge in [-0.1, -0.05) is 31.2 Å². The van der Waals surface area contributed by atoms with Gasteiger partial charge in [0, 0.05) is 75.5 Å². The summed E-state index contributed by atoms with van der Waals surface area (Å²) >= 11 is 0. The first kappa shape index (κ1) is 28.5. The van der Waals surface area contributed by atoms with E-state index in [4.69, 9.17) is 4.74 Å². The summed E-state index contributed by atoms with van der Waals surface area (Å²) < 4.78 is 8.15. The number of carbonyl (C=O) groups excluding carboxylic acids is 3. The fourth-order valence-electron chi connectivity index (χ4n) is 6.32. The lowest BCUT2D eigenvalue weighted by Gasteiger charge is -2.25. The van der Waals surface area contributed by atoms with E-state index in [1.807, 2.05) is 70.4 Å². The number of para-hydroxylation sites is 1. The Hall–Kier alpha value is -4.60. The van der Waals surface area contributed by atoms with Crippen LogP contribution in [-0.4, -0.2) is 81.4 Å². The zero-order chi connectivity index (χ0) is 29.8. The van der Waals surface area contributed by atoms with E-state index in [9.17, 15) is 14.4 Å². The number of ether oxygens (including phenoxy) is 1. The van der Waals surface area contributed by atoms with Crippen LogP contribution in [0.25, 0.3) is 10.9 Å². The Balaban J connectivity index is 1.17. The Bertz CT molecular complexity index is 1610. The number of imidazole rings is 1. The third kappa shape index (κ3) is 6.14. The summed E-state index contributed by atoms with van der Waals surface area (Å²) in [6, 6.07) is 15.4. The molecule has 0 radical (unpaired) electrons. The highest BCUT2D eigenvalue weighted by atomic mass is 16.5. The first-order chi connectivity index (χ1) is 21.0. The second-order valence-corrected chi connectivity index (χ2v) is 11.3. The van der Waals surface area contributed by atoms with Gasteiger partial charge in [-0.3, -0.25) is 14.4 Å². The van der Waals surface area contributed by atoms with Gasteiger partial charge >= 0.3 is 0 Å². The van der Waals surface area contributed by atoms with Gasteiger partial charge in [-0.05, 0) is 36.2 Å². The van der Waals surface area contributed by atoms with Gasteiger partial charge in [-0.2, -0.15) is 0 Å². The van der Waals surface area contributed by atoms with Gasteiger partial charge in [0.25, 0.3) is 5.91 Å². The fourth-order valence-corrected chi connectivity index (χ4v) is 6.32. The summed E-state index contributed by atoms with van der Waals surface area (Å²) in [5.41, 5.74) is 2.37. The molecule has 43 heavy (non-hydrogen) atoms. The van der Waals surface area contributed by atoms with Gasteiger partial charge < -0.3 is 29.4 Å². The molecule has 4 heterocycles. The van der Waals surface area contributed by atoms with Crippen LogP contribution in [0.1, 0.15) is 47.4 Å². The monoisotopic (exact) mass is 582 g/mol. The van der Waals surface area contributed by atoms with Crippen molar-refractivity contribution in [2.75, 3.05) is 39.3 Å². The van der Waals surface area contributed by atoms with Crippen molar-refractivity contribution < 1.29 is 19.1 Å². The lowest BCUT2D eigenvalue weighted by molar-refractivity contribution is -0.131. The summed E-state index contributed by atoms with van der Waals surface area (Å²) in [5, 5.41) is 4.08. The van der Waals surface area contributed by atoms with Crippen LogP contribution in [0.4, 0.5) is 0 Å². The van der Waals surface area contributed by atoms with Gasteiger partial charge in [0.05, 0.1) is 23.5 Å². The number of hydrogen-bond donors (Lipinski definition) is 2. The third-order valence-corrected chi connectivity index (χ3v) is 8.62. The summed E-state index contributed by atoms with van der Waals surface area (Å²) in [6.45, 7) is 5.19. The highest BCUT2D eigenvalue weighted by molar-refractivity contribution is 6.06. The number of aromatic amines is 1. The van der Waals surface area contributed by atoms with E-state index in [1.54, 1.807) is 11.1 Å². The zero-order valence-corrected chi connectivity index (χ0v) is 24.5. The zero-order valence-electron chi connectivity index (χ0n) is 24.5. The summed E-state index contributed by atoms with van der Waals surface area (Å²) in [7, 11) is 0. The molecule has 2 aliphatic rings. The lowest BCUT2D eigenvalue weighted by Crippen LogP contribution is -2.39. The molecular weight excluding hydrogens is 544 g/mol. The molecule has 2 bridgehead atoms. The van der Waals surface area contributed by atoms with Crippen LogP contribution in [0.5, 0.6) is 5.75 Å². The number of fused-ring (bicyclic) bond motifs is 5. The molecule has 2 aromatic heterocycles. The van der Waals surface area contributed by atoms with Crippen molar-refractivity contribution in [2.45, 2.75) is 38.6 Å². The van der Waals surface area contributed by atoms with Gasteiger partial charge in [0.1, 0.15) is 18.2 Å². The Morgan fingerprint density at radius 3 is 2.79 bits per heavy atom. The maximum Gasteiger partial charge on any atom is 0.256 e. The SMILES string of the molecule is CCc1nccn1CCC(=O)N1CCCNC(=O)[C@H]2CN(C(=O)c3cccc4cc[nH]c34)C[C@@H]2c2cccc(c2)OCC1. The van der Waals surface area contributed by atoms with E-state index >= 15 is 0 Å². The van der Waals surface area contributed by atoms with E-state index < -0.39 is 5.92 Å². The van der Waals surface area contributed by atoms with Crippen LogP contribution in [0, 0.1) is 5.92 Å². The van der Waals surface area contributed by atoms with Gasteiger partial charge in [-0.25, -0.2) is 4.98 Å². The minimum absolute atomic E-state index is 0.0497. The summed E-state index contributed by atoms with van der Waals surface area (Å²) in [5.74, 6) is 0.980. The molecule has 1 fully saturated rings. The van der Waals surface area contributed by atoms with Crippen molar-refractivity contribution in [3.8, 4) is 5.75 Å². The second kappa shape index (κ2) is 12.7. The smallest absolute Gasteiger partial charge is 0.256 e. The summed E-state index contributed by atoms with van der Waals surface area (Å²) in [6.07, 6.45) is 7.32. The van der Waals surface area contributed by atoms with E-state index in [0.29, 0.717) is 70.0 Å². The molecule has 6 rings (SSSR count). The van der Waals surface area contributed by atoms with Crippen molar-refractivity contribution in [3.63, 3.8) is 0 Å². The average molecular weight is 583 g/mol. The molecule has 4 aromatic rings. The van der Waals surface area contributed by atoms with E-state index in [0.717, 1.165) is 28.7 Å². The second-order valence-electron chi connectivity index (χ2n) is 11.3. The average Bonchev–Trinajstić information content (AvgIpc) is 3.79. The highest BCUT2D eigenvalue weighted by Crippen LogP contribution is 2.36. The van der Waals surface area contributed by atoms with Crippen LogP contribution in [0.2, 0.25) is 0 Å². The number of nitrogens with one attached hydrogen (secondary N) is 2. The Morgan fingerprint density at radius 1 is 1.05 bits per heavy atom. The van der Waals surface area contributed by atoms with Crippen molar-refractivity contribution in [1.82, 2.24) is 29.7 Å². The number of benzene rings is 2. The molecule has 0 unspecified atom stereocenters. The van der Waals surface area contributed by atoms with Gasteiger partial charge in [0.15, 0.2) is 0 Å². The number of nitrogens with zero attached hydrogens (tertiary/aromatic N) is 4. The molecule has 2 aliphatic heterocycles. The normalized spacial score (nSPS) is 19.4. The van der Waals surface area contributed by atoms with E-state index in [1.165, 1.54) is 0 Å². The number of carbonyl (C=O) groups is 3. The predicted molar refractivity (Wildman–Crippen MR) is 163 cm³/mol. The molecule has 0 aliphatic carbocycles. The minimum Gasteiger partial charge on any atom is -0.492 e. The minimum atomic E-state index is -0.398. The van der Waals surface area contributed by atoms with E-state index in [-0.39, 0.29) is 23.6 Å². The number of amides is 3. The topological polar surface area (TPSA) is 113 Å².